The highest BCUT2D eigenvalue weighted by Gasteiger charge is 2.37. The second-order valence-corrected chi connectivity index (χ2v) is 10.7. The Bertz CT molecular complexity index is 970. The first-order valence-electron chi connectivity index (χ1n) is 12.4. The number of benzene rings is 2. The van der Waals surface area contributed by atoms with Crippen molar-refractivity contribution in [3.63, 3.8) is 0 Å². The van der Waals surface area contributed by atoms with E-state index in [9.17, 15) is 9.59 Å². The van der Waals surface area contributed by atoms with Gasteiger partial charge in [-0.3, -0.25) is 9.59 Å². The molecule has 0 bridgehead atoms. The standard InChI is InChI=1S/C30H39NO3/c1-7-12-25(29(33)34-30(4,5)6)26(19-20(2)3)28(32)31-27-23-15-10-8-13-21(23)17-18-22-14-9-11-16-24(22)27/h7-11,13-16,20,25-27H,1,12,17-19H2,2-6H3,(H,31,32)/t25-,26+/m0/s1. The Labute approximate surface area is 204 Å². The first-order valence-corrected chi connectivity index (χ1v) is 12.4. The van der Waals surface area contributed by atoms with Crippen LogP contribution in [0.2, 0.25) is 0 Å². The molecule has 0 radical (unpaired) electrons. The number of aryl methyl sites for hydroxylation is 2. The van der Waals surface area contributed by atoms with Gasteiger partial charge in [-0.15, -0.1) is 6.58 Å². The average Bonchev–Trinajstić information content (AvgIpc) is 2.92. The predicted molar refractivity (Wildman–Crippen MR) is 137 cm³/mol. The molecule has 0 saturated carbocycles. The summed E-state index contributed by atoms with van der Waals surface area (Å²) in [5.74, 6) is -1.28. The molecule has 1 aliphatic rings. The first kappa shape index (κ1) is 25.7. The van der Waals surface area contributed by atoms with E-state index < -0.39 is 17.4 Å². The van der Waals surface area contributed by atoms with Crippen molar-refractivity contribution >= 4 is 11.9 Å². The summed E-state index contributed by atoms with van der Waals surface area (Å²) in [7, 11) is 0. The van der Waals surface area contributed by atoms with Crippen molar-refractivity contribution in [1.29, 1.82) is 0 Å². The zero-order valence-corrected chi connectivity index (χ0v) is 21.3. The molecule has 0 saturated heterocycles. The molecule has 0 aromatic heterocycles. The number of hydrogen-bond acceptors (Lipinski definition) is 3. The maximum atomic E-state index is 13.9. The SMILES string of the molecule is C=CC[C@H](C(=O)OC(C)(C)C)[C@@H](CC(C)C)C(=O)NC1c2ccccc2CCc2ccccc21. The van der Waals surface area contributed by atoms with E-state index in [1.807, 2.05) is 32.9 Å². The van der Waals surface area contributed by atoms with E-state index in [1.54, 1.807) is 6.08 Å². The lowest BCUT2D eigenvalue weighted by molar-refractivity contribution is -0.164. The molecule has 1 N–H and O–H groups in total. The van der Waals surface area contributed by atoms with Crippen molar-refractivity contribution in [3.8, 4) is 0 Å². The molecule has 182 valence electrons. The fourth-order valence-electron chi connectivity index (χ4n) is 4.87. The second kappa shape index (κ2) is 11.0. The van der Waals surface area contributed by atoms with Crippen molar-refractivity contribution in [1.82, 2.24) is 5.32 Å². The van der Waals surface area contributed by atoms with E-state index >= 15 is 0 Å². The highest BCUT2D eigenvalue weighted by Crippen LogP contribution is 2.34. The van der Waals surface area contributed by atoms with Crippen LogP contribution in [0.4, 0.5) is 0 Å². The lowest BCUT2D eigenvalue weighted by Crippen LogP contribution is -2.42. The number of esters is 1. The minimum atomic E-state index is -0.617. The highest BCUT2D eigenvalue weighted by molar-refractivity contribution is 5.86. The third-order valence-corrected chi connectivity index (χ3v) is 6.36. The summed E-state index contributed by atoms with van der Waals surface area (Å²) in [5, 5.41) is 3.35. The number of ether oxygens (including phenoxy) is 1. The van der Waals surface area contributed by atoms with Gasteiger partial charge >= 0.3 is 5.97 Å². The van der Waals surface area contributed by atoms with Crippen LogP contribution in [-0.4, -0.2) is 17.5 Å². The van der Waals surface area contributed by atoms with E-state index in [1.165, 1.54) is 11.1 Å². The number of fused-ring (bicyclic) bond motifs is 2. The fraction of sp³-hybridized carbons (Fsp3) is 0.467. The molecular formula is C30H39NO3. The molecule has 2 atom stereocenters. The molecule has 2 aromatic carbocycles. The van der Waals surface area contributed by atoms with Crippen LogP contribution in [0.25, 0.3) is 0 Å². The Morgan fingerprint density at radius 1 is 1.00 bits per heavy atom. The number of hydrogen-bond donors (Lipinski definition) is 1. The highest BCUT2D eigenvalue weighted by atomic mass is 16.6. The number of allylic oxidation sites excluding steroid dienone is 1. The van der Waals surface area contributed by atoms with Gasteiger partial charge in [-0.1, -0.05) is 68.5 Å². The fourth-order valence-corrected chi connectivity index (χ4v) is 4.87. The first-order chi connectivity index (χ1) is 16.1. The van der Waals surface area contributed by atoms with Gasteiger partial charge in [0, 0.05) is 0 Å². The largest absolute Gasteiger partial charge is 0.460 e. The monoisotopic (exact) mass is 461 g/mol. The number of carbonyl (C=O) groups excluding carboxylic acids is 2. The molecule has 1 amide bonds. The van der Waals surface area contributed by atoms with Gasteiger partial charge in [-0.05, 0) is 74.6 Å². The van der Waals surface area contributed by atoms with Gasteiger partial charge in [0.2, 0.25) is 5.91 Å². The van der Waals surface area contributed by atoms with Crippen molar-refractivity contribution < 1.29 is 14.3 Å². The lowest BCUT2D eigenvalue weighted by Gasteiger charge is -2.31. The Morgan fingerprint density at radius 3 is 2.00 bits per heavy atom. The Hall–Kier alpha value is -2.88. The molecule has 4 nitrogen and oxygen atoms in total. The van der Waals surface area contributed by atoms with Gasteiger partial charge in [-0.2, -0.15) is 0 Å². The summed E-state index contributed by atoms with van der Waals surface area (Å²) >= 11 is 0. The zero-order valence-electron chi connectivity index (χ0n) is 21.3. The van der Waals surface area contributed by atoms with Crippen molar-refractivity contribution in [2.75, 3.05) is 0 Å². The molecule has 0 heterocycles. The van der Waals surface area contributed by atoms with Crippen LogP contribution < -0.4 is 5.32 Å². The van der Waals surface area contributed by atoms with Crippen LogP contribution in [0.5, 0.6) is 0 Å². The molecule has 0 fully saturated rings. The van der Waals surface area contributed by atoms with Crippen molar-refractivity contribution in [2.45, 2.75) is 71.9 Å². The Morgan fingerprint density at radius 2 is 1.53 bits per heavy atom. The van der Waals surface area contributed by atoms with E-state index in [-0.39, 0.29) is 23.8 Å². The summed E-state index contributed by atoms with van der Waals surface area (Å²) < 4.78 is 5.72. The zero-order chi connectivity index (χ0) is 24.9. The van der Waals surface area contributed by atoms with Gasteiger partial charge in [-0.25, -0.2) is 0 Å². The van der Waals surface area contributed by atoms with Crippen LogP contribution in [0, 0.1) is 17.8 Å². The third-order valence-electron chi connectivity index (χ3n) is 6.36. The minimum absolute atomic E-state index is 0.108. The summed E-state index contributed by atoms with van der Waals surface area (Å²) in [6, 6.07) is 16.4. The Kier molecular flexibility index (Phi) is 8.35. The molecule has 0 unspecified atom stereocenters. The van der Waals surface area contributed by atoms with Gasteiger partial charge in [0.05, 0.1) is 17.9 Å². The van der Waals surface area contributed by atoms with Crippen LogP contribution in [0.15, 0.2) is 61.2 Å². The van der Waals surface area contributed by atoms with Crippen molar-refractivity contribution in [2.24, 2.45) is 17.8 Å². The van der Waals surface area contributed by atoms with E-state index in [2.05, 4.69) is 62.1 Å². The maximum absolute atomic E-state index is 13.9. The van der Waals surface area contributed by atoms with Gasteiger partial charge in [0.15, 0.2) is 0 Å². The second-order valence-electron chi connectivity index (χ2n) is 10.7. The van der Waals surface area contributed by atoms with Crippen molar-refractivity contribution in [3.05, 3.63) is 83.4 Å². The van der Waals surface area contributed by atoms with Gasteiger partial charge in [0.25, 0.3) is 0 Å². The van der Waals surface area contributed by atoms with Crippen LogP contribution in [-0.2, 0) is 27.2 Å². The van der Waals surface area contributed by atoms with Crippen LogP contribution >= 0.6 is 0 Å². The van der Waals surface area contributed by atoms with E-state index in [4.69, 9.17) is 4.74 Å². The molecule has 1 aliphatic carbocycles. The summed E-state index contributed by atoms with van der Waals surface area (Å²) in [4.78, 5) is 27.1. The summed E-state index contributed by atoms with van der Waals surface area (Å²) in [6.45, 7) is 13.6. The molecule has 3 rings (SSSR count). The molecule has 0 aliphatic heterocycles. The molecule has 2 aromatic rings. The predicted octanol–water partition coefficient (Wildman–Crippen LogP) is 6.19. The summed E-state index contributed by atoms with van der Waals surface area (Å²) in [6.07, 6.45) is 4.58. The molecule has 0 spiro atoms. The molecule has 4 heteroatoms. The quantitative estimate of drug-likeness (QED) is 0.377. The number of amides is 1. The smallest absolute Gasteiger partial charge is 0.310 e. The lowest BCUT2D eigenvalue weighted by atomic mass is 9.82. The average molecular weight is 462 g/mol. The van der Waals surface area contributed by atoms with Crippen LogP contribution in [0.3, 0.4) is 0 Å². The summed E-state index contributed by atoms with van der Waals surface area (Å²) in [5.41, 5.74) is 4.13. The normalized spacial score (nSPS) is 15.5. The number of rotatable bonds is 8. The van der Waals surface area contributed by atoms with Gasteiger partial charge in [0.1, 0.15) is 5.60 Å². The molecular weight excluding hydrogens is 422 g/mol. The third kappa shape index (κ3) is 6.37. The number of carbonyl (C=O) groups is 2. The van der Waals surface area contributed by atoms with Gasteiger partial charge < -0.3 is 10.1 Å². The van der Waals surface area contributed by atoms with E-state index in [0.29, 0.717) is 12.8 Å². The Balaban J connectivity index is 1.98. The van der Waals surface area contributed by atoms with E-state index in [0.717, 1.165) is 24.0 Å². The minimum Gasteiger partial charge on any atom is -0.460 e. The maximum Gasteiger partial charge on any atom is 0.310 e. The topological polar surface area (TPSA) is 55.4 Å². The number of nitrogens with one attached hydrogen (secondary N) is 1. The van der Waals surface area contributed by atoms with Crippen LogP contribution in [0.1, 0.15) is 75.8 Å². The molecule has 34 heavy (non-hydrogen) atoms.